The van der Waals surface area contributed by atoms with Crippen molar-refractivity contribution >= 4 is 108 Å². The standard InChI is InChI=1S/2C47H29N5.C39H25N5/c1-3-12-33-23-36(19-17-30(33)9-1)45-50-46(37-20-18-31-10-2-4-13-34(31)24-37)52-47(51-45)41-26-39(43-22-21-32-11-7-8-16-42(32)49-43)25-40(27-41)44-28-35-14-5-6-15-38(35)29-48-44;1-2-15-34-29-49-43(28-33(34)14-1)35-25-36(44-40-20-8-5-13-32(40)23-24-48-44)27-37(26-35)45-50-46(41-21-9-16-30-11-3-6-18-38(30)41)52-47(51-45)42-22-10-17-31-12-4-7-19-39(31)42;1-3-13-28(14-4-1)37-42-38(29-15-5-2-6-16-29)44-39(43-37)32-24-30(35-21-19-26-11-7-9-17-33(26)40-35)23-31(25-32)36-22-20-27-12-8-10-18-34(27)41-36/h2*1-29H;1-25H. The van der Waals surface area contributed by atoms with Gasteiger partial charge in [-0.05, 0) is 181 Å². The van der Waals surface area contributed by atoms with E-state index in [0.717, 1.165) is 215 Å². The number of hydrogen-bond acceptors (Lipinski definition) is 15. The summed E-state index contributed by atoms with van der Waals surface area (Å²) in [4.78, 5) is 75.9. The molecule has 690 valence electrons. The van der Waals surface area contributed by atoms with Crippen molar-refractivity contribution in [3.05, 3.63) is 504 Å². The summed E-state index contributed by atoms with van der Waals surface area (Å²) in [6.45, 7) is 0. The van der Waals surface area contributed by atoms with Crippen LogP contribution in [0.5, 0.6) is 0 Å². The first-order valence-corrected chi connectivity index (χ1v) is 49.2. The molecular formula is C133H83N15. The first-order valence-electron chi connectivity index (χ1n) is 49.2. The van der Waals surface area contributed by atoms with Gasteiger partial charge in [0.15, 0.2) is 52.4 Å². The minimum atomic E-state index is 0.574. The molecule has 28 aromatic rings. The number of rotatable bonds is 15. The second kappa shape index (κ2) is 38.6. The molecule has 0 bridgehead atoms. The highest BCUT2D eigenvalue weighted by atomic mass is 15.1. The normalized spacial score (nSPS) is 11.4. The van der Waals surface area contributed by atoms with E-state index in [9.17, 15) is 0 Å². The van der Waals surface area contributed by atoms with Gasteiger partial charge in [0.2, 0.25) is 0 Å². The van der Waals surface area contributed by atoms with Crippen molar-refractivity contribution in [2.75, 3.05) is 0 Å². The van der Waals surface area contributed by atoms with Crippen LogP contribution >= 0.6 is 0 Å². The molecule has 0 aliphatic carbocycles. The van der Waals surface area contributed by atoms with E-state index in [1.165, 1.54) is 10.8 Å². The Bertz CT molecular complexity index is 9390. The number of benzene rings is 19. The predicted octanol–water partition coefficient (Wildman–Crippen LogP) is 32.5. The molecule has 28 rings (SSSR count). The lowest BCUT2D eigenvalue weighted by Gasteiger charge is -2.14. The summed E-state index contributed by atoms with van der Waals surface area (Å²) >= 11 is 0. The monoisotopic (exact) mass is 1890 g/mol. The maximum Gasteiger partial charge on any atom is 0.164 e. The van der Waals surface area contributed by atoms with E-state index >= 15 is 0 Å². The highest BCUT2D eigenvalue weighted by molar-refractivity contribution is 6.02. The van der Waals surface area contributed by atoms with E-state index in [1.54, 1.807) is 0 Å². The summed E-state index contributed by atoms with van der Waals surface area (Å²) in [5.74, 6) is 5.42. The molecule has 9 heterocycles. The molecular weight excluding hydrogens is 1810 g/mol. The second-order valence-corrected chi connectivity index (χ2v) is 36.6. The number of aromatic nitrogens is 15. The van der Waals surface area contributed by atoms with Gasteiger partial charge in [0.05, 0.1) is 50.7 Å². The summed E-state index contributed by atoms with van der Waals surface area (Å²) in [7, 11) is 0. The molecule has 9 aromatic heterocycles. The number of hydrogen-bond donors (Lipinski definition) is 0. The lowest BCUT2D eigenvalue weighted by molar-refractivity contribution is 1.07. The van der Waals surface area contributed by atoms with Crippen molar-refractivity contribution in [3.8, 4) is 170 Å². The number of fused-ring (bicyclic) bond motifs is 10. The van der Waals surface area contributed by atoms with Gasteiger partial charge in [0, 0.05) is 134 Å². The van der Waals surface area contributed by atoms with Crippen LogP contribution in [0.3, 0.4) is 0 Å². The molecule has 0 aliphatic heterocycles. The zero-order valence-electron chi connectivity index (χ0n) is 79.6. The Morgan fingerprint density at radius 3 is 0.797 bits per heavy atom. The molecule has 0 radical (unpaired) electrons. The van der Waals surface area contributed by atoms with Gasteiger partial charge in [0.25, 0.3) is 0 Å². The smallest absolute Gasteiger partial charge is 0.164 e. The fourth-order valence-electron chi connectivity index (χ4n) is 19.6. The molecule has 19 aromatic carbocycles. The Morgan fingerprint density at radius 2 is 0.392 bits per heavy atom. The minimum Gasteiger partial charge on any atom is -0.256 e. The van der Waals surface area contributed by atoms with Crippen LogP contribution in [0.4, 0.5) is 0 Å². The predicted molar refractivity (Wildman–Crippen MR) is 603 cm³/mol. The molecule has 0 unspecified atom stereocenters. The Kier molecular flexibility index (Phi) is 22.9. The summed E-state index contributed by atoms with van der Waals surface area (Å²) in [6.07, 6.45) is 5.75. The van der Waals surface area contributed by atoms with Gasteiger partial charge < -0.3 is 0 Å². The van der Waals surface area contributed by atoms with Crippen LogP contribution in [-0.2, 0) is 0 Å². The lowest BCUT2D eigenvalue weighted by atomic mass is 9.97. The summed E-state index contributed by atoms with van der Waals surface area (Å²) < 4.78 is 0. The Balaban J connectivity index is 0.000000113. The zero-order chi connectivity index (χ0) is 98.2. The average molecular weight is 1890 g/mol. The molecule has 0 atom stereocenters. The van der Waals surface area contributed by atoms with Crippen molar-refractivity contribution in [2.45, 2.75) is 0 Å². The largest absolute Gasteiger partial charge is 0.256 e. The molecule has 15 nitrogen and oxygen atoms in total. The molecule has 0 aliphatic rings. The van der Waals surface area contributed by atoms with Crippen LogP contribution in [0.2, 0.25) is 0 Å². The SMILES string of the molecule is c1ccc(-c2nc(-c3ccccc3)nc(-c3cc(-c4ccc5ccccc5n4)cc(-c4ccc5ccccc5n4)c3)n2)cc1.c1ccc2cc(-c3cc(-c4nc(-c5cccc6ccccc56)nc(-c5cccc6ccccc56)n4)cc(-c4nccc5ccccc45)c3)ncc2c1.c1ccc2cc(-c3nc(-c4cc(-c5cc6ccccc6cn5)cc(-c5ccc6ccccc6n5)c4)nc(-c4ccc5ccccc5c4)n3)ccc2c1. The fourth-order valence-corrected chi connectivity index (χ4v) is 19.6. The molecule has 0 spiro atoms. The quantitative estimate of drug-likeness (QED) is 0.0940. The van der Waals surface area contributed by atoms with Gasteiger partial charge in [-0.25, -0.2) is 59.8 Å². The minimum absolute atomic E-state index is 0.574. The number of para-hydroxylation sites is 3. The maximum absolute atomic E-state index is 5.25. The highest BCUT2D eigenvalue weighted by Gasteiger charge is 2.24. The topological polar surface area (TPSA) is 193 Å². The van der Waals surface area contributed by atoms with Crippen LogP contribution < -0.4 is 0 Å². The van der Waals surface area contributed by atoms with Crippen molar-refractivity contribution in [3.63, 3.8) is 0 Å². The highest BCUT2D eigenvalue weighted by Crippen LogP contribution is 2.43. The Morgan fingerprint density at radius 1 is 0.122 bits per heavy atom. The Hall–Kier alpha value is -20.3. The van der Waals surface area contributed by atoms with Crippen molar-refractivity contribution < 1.29 is 0 Å². The van der Waals surface area contributed by atoms with Gasteiger partial charge in [-0.15, -0.1) is 0 Å². The van der Waals surface area contributed by atoms with E-state index in [4.69, 9.17) is 74.8 Å². The van der Waals surface area contributed by atoms with Gasteiger partial charge in [-0.1, -0.05) is 364 Å². The summed E-state index contributed by atoms with van der Waals surface area (Å²) in [6, 6.07) is 166. The van der Waals surface area contributed by atoms with Crippen LogP contribution in [0, 0.1) is 0 Å². The number of pyridine rings is 6. The molecule has 0 amide bonds. The van der Waals surface area contributed by atoms with Crippen molar-refractivity contribution in [2.24, 2.45) is 0 Å². The Labute approximate surface area is 851 Å². The first-order chi connectivity index (χ1) is 73.2. The van der Waals surface area contributed by atoms with Crippen LogP contribution in [0.25, 0.3) is 278 Å². The van der Waals surface area contributed by atoms with Crippen molar-refractivity contribution in [1.82, 2.24) is 74.8 Å². The van der Waals surface area contributed by atoms with E-state index in [2.05, 4.69) is 352 Å². The molecule has 0 fully saturated rings. The van der Waals surface area contributed by atoms with Gasteiger partial charge in [-0.3, -0.25) is 15.0 Å². The summed E-state index contributed by atoms with van der Waals surface area (Å²) in [5.41, 5.74) is 21.9. The van der Waals surface area contributed by atoms with Crippen LogP contribution in [0.15, 0.2) is 504 Å². The zero-order valence-corrected chi connectivity index (χ0v) is 79.6. The third-order valence-corrected chi connectivity index (χ3v) is 27.1. The van der Waals surface area contributed by atoms with Gasteiger partial charge in [-0.2, -0.15) is 0 Å². The maximum atomic E-state index is 5.25. The van der Waals surface area contributed by atoms with E-state index < -0.39 is 0 Å². The second-order valence-electron chi connectivity index (χ2n) is 36.6. The molecule has 0 N–H and O–H groups in total. The molecule has 148 heavy (non-hydrogen) atoms. The summed E-state index contributed by atoms with van der Waals surface area (Å²) in [5, 5.41) is 18.9. The third kappa shape index (κ3) is 17.9. The fraction of sp³-hybridized carbons (Fsp3) is 0. The van der Waals surface area contributed by atoms with E-state index in [0.29, 0.717) is 52.4 Å². The van der Waals surface area contributed by atoms with Crippen molar-refractivity contribution in [1.29, 1.82) is 0 Å². The van der Waals surface area contributed by atoms with Gasteiger partial charge in [0.1, 0.15) is 0 Å². The third-order valence-electron chi connectivity index (χ3n) is 27.1. The van der Waals surface area contributed by atoms with E-state index in [-0.39, 0.29) is 0 Å². The average Bonchev–Trinajstić information content (AvgIpc) is 0.768. The van der Waals surface area contributed by atoms with Gasteiger partial charge >= 0.3 is 0 Å². The van der Waals surface area contributed by atoms with E-state index in [1.807, 2.05) is 152 Å². The molecule has 0 saturated carbocycles. The lowest BCUT2D eigenvalue weighted by Crippen LogP contribution is -2.01. The number of nitrogens with zero attached hydrogens (tertiary/aromatic N) is 15. The van der Waals surface area contributed by atoms with Crippen LogP contribution in [-0.4, -0.2) is 74.8 Å². The molecule has 0 saturated heterocycles. The first kappa shape index (κ1) is 87.9. The molecule has 15 heteroatoms. The van der Waals surface area contributed by atoms with Crippen LogP contribution in [0.1, 0.15) is 0 Å².